The van der Waals surface area contributed by atoms with Gasteiger partial charge >= 0.3 is 0 Å². The number of hydrogen-bond acceptors (Lipinski definition) is 5. The molecule has 1 unspecified atom stereocenters. The lowest BCUT2D eigenvalue weighted by Gasteiger charge is -2.14. The van der Waals surface area contributed by atoms with E-state index in [9.17, 15) is 8.42 Å². The standard InChI is InChI=1S/C14H18N2O2S2/c1-9-14(19-11(3)15-9)10(2)16-12-5-7-13(8-6-12)20(4,17)18/h5-8,10,16H,1-4H3. The Morgan fingerprint density at radius 2 is 1.80 bits per heavy atom. The van der Waals surface area contributed by atoms with E-state index in [1.165, 1.54) is 11.1 Å². The third-order valence-electron chi connectivity index (χ3n) is 3.00. The van der Waals surface area contributed by atoms with Crippen molar-refractivity contribution in [2.75, 3.05) is 11.6 Å². The minimum absolute atomic E-state index is 0.144. The van der Waals surface area contributed by atoms with Gasteiger partial charge in [0.15, 0.2) is 9.84 Å². The maximum atomic E-state index is 11.4. The monoisotopic (exact) mass is 310 g/mol. The van der Waals surface area contributed by atoms with Crippen molar-refractivity contribution in [1.82, 2.24) is 4.98 Å². The van der Waals surface area contributed by atoms with Crippen LogP contribution in [0.15, 0.2) is 29.2 Å². The number of benzene rings is 1. The summed E-state index contributed by atoms with van der Waals surface area (Å²) in [7, 11) is -3.14. The number of anilines is 1. The number of aryl methyl sites for hydroxylation is 2. The second-order valence-corrected chi connectivity index (χ2v) is 8.10. The Morgan fingerprint density at radius 1 is 1.20 bits per heavy atom. The molecule has 0 aliphatic rings. The van der Waals surface area contributed by atoms with Gasteiger partial charge in [0.1, 0.15) is 0 Å². The molecular formula is C14H18N2O2S2. The van der Waals surface area contributed by atoms with Crippen LogP contribution in [0, 0.1) is 13.8 Å². The van der Waals surface area contributed by atoms with Crippen molar-refractivity contribution in [3.8, 4) is 0 Å². The van der Waals surface area contributed by atoms with Crippen molar-refractivity contribution < 1.29 is 8.42 Å². The summed E-state index contributed by atoms with van der Waals surface area (Å²) < 4.78 is 22.8. The normalized spacial score (nSPS) is 13.2. The van der Waals surface area contributed by atoms with Crippen LogP contribution in [-0.2, 0) is 9.84 Å². The van der Waals surface area contributed by atoms with E-state index in [4.69, 9.17) is 0 Å². The summed E-state index contributed by atoms with van der Waals surface area (Å²) in [6.45, 7) is 6.07. The summed E-state index contributed by atoms with van der Waals surface area (Å²) in [5, 5.41) is 4.42. The van der Waals surface area contributed by atoms with Crippen molar-refractivity contribution in [2.24, 2.45) is 0 Å². The zero-order valence-corrected chi connectivity index (χ0v) is 13.6. The molecular weight excluding hydrogens is 292 g/mol. The van der Waals surface area contributed by atoms with E-state index in [1.807, 2.05) is 13.8 Å². The lowest BCUT2D eigenvalue weighted by molar-refractivity contribution is 0.602. The molecule has 20 heavy (non-hydrogen) atoms. The van der Waals surface area contributed by atoms with Gasteiger partial charge in [-0.15, -0.1) is 11.3 Å². The van der Waals surface area contributed by atoms with Gasteiger partial charge in [-0.25, -0.2) is 13.4 Å². The van der Waals surface area contributed by atoms with Crippen LogP contribution in [0.4, 0.5) is 5.69 Å². The fourth-order valence-electron chi connectivity index (χ4n) is 2.06. The molecule has 0 spiro atoms. The first kappa shape index (κ1) is 15.0. The average Bonchev–Trinajstić information content (AvgIpc) is 2.68. The molecule has 1 heterocycles. The molecule has 0 saturated heterocycles. The van der Waals surface area contributed by atoms with E-state index in [0.29, 0.717) is 4.90 Å². The van der Waals surface area contributed by atoms with Gasteiger partial charge in [-0.1, -0.05) is 0 Å². The van der Waals surface area contributed by atoms with Crippen molar-refractivity contribution in [1.29, 1.82) is 0 Å². The van der Waals surface area contributed by atoms with E-state index < -0.39 is 9.84 Å². The number of rotatable bonds is 4. The zero-order chi connectivity index (χ0) is 14.9. The topological polar surface area (TPSA) is 59.1 Å². The largest absolute Gasteiger partial charge is 0.378 e. The number of aromatic nitrogens is 1. The Labute approximate surface area is 123 Å². The molecule has 0 aliphatic heterocycles. The van der Waals surface area contributed by atoms with Crippen LogP contribution < -0.4 is 5.32 Å². The number of nitrogens with zero attached hydrogens (tertiary/aromatic N) is 1. The van der Waals surface area contributed by atoms with E-state index >= 15 is 0 Å². The van der Waals surface area contributed by atoms with Crippen molar-refractivity contribution in [3.63, 3.8) is 0 Å². The highest BCUT2D eigenvalue weighted by Crippen LogP contribution is 2.27. The first-order valence-corrected chi connectivity index (χ1v) is 8.99. The zero-order valence-electron chi connectivity index (χ0n) is 12.0. The highest BCUT2D eigenvalue weighted by Gasteiger charge is 2.13. The molecule has 2 rings (SSSR count). The summed E-state index contributed by atoms with van der Waals surface area (Å²) in [4.78, 5) is 5.96. The number of thiazole rings is 1. The van der Waals surface area contributed by atoms with Crippen LogP contribution in [0.1, 0.15) is 28.5 Å². The van der Waals surface area contributed by atoms with Gasteiger partial charge in [0.05, 0.1) is 21.6 Å². The second kappa shape index (κ2) is 5.54. The maximum absolute atomic E-state index is 11.4. The highest BCUT2D eigenvalue weighted by atomic mass is 32.2. The van der Waals surface area contributed by atoms with Crippen molar-refractivity contribution in [2.45, 2.75) is 31.7 Å². The van der Waals surface area contributed by atoms with Crippen LogP contribution in [0.2, 0.25) is 0 Å². The molecule has 0 fully saturated rings. The predicted octanol–water partition coefficient (Wildman–Crippen LogP) is 3.34. The molecule has 0 saturated carbocycles. The first-order valence-electron chi connectivity index (χ1n) is 6.28. The summed E-state index contributed by atoms with van der Waals surface area (Å²) in [5.74, 6) is 0. The quantitative estimate of drug-likeness (QED) is 0.941. The molecule has 1 N–H and O–H groups in total. The third-order valence-corrected chi connectivity index (χ3v) is 5.38. The fourth-order valence-corrected chi connectivity index (χ4v) is 3.62. The number of nitrogens with one attached hydrogen (secondary N) is 1. The Bertz CT molecular complexity index is 703. The molecule has 0 aliphatic carbocycles. The minimum atomic E-state index is -3.14. The van der Waals surface area contributed by atoms with E-state index in [2.05, 4.69) is 17.2 Å². The van der Waals surface area contributed by atoms with Gasteiger partial charge in [-0.2, -0.15) is 0 Å². The third kappa shape index (κ3) is 3.37. The SMILES string of the molecule is Cc1nc(C)c(C(C)Nc2ccc(S(C)(=O)=O)cc2)s1. The lowest BCUT2D eigenvalue weighted by Crippen LogP contribution is -2.06. The molecule has 2 aromatic rings. The second-order valence-electron chi connectivity index (χ2n) is 4.85. The smallest absolute Gasteiger partial charge is 0.175 e. The molecule has 1 aromatic carbocycles. The Balaban J connectivity index is 2.16. The molecule has 1 atom stereocenters. The van der Waals surface area contributed by atoms with E-state index in [0.717, 1.165) is 16.4 Å². The van der Waals surface area contributed by atoms with Crippen molar-refractivity contribution in [3.05, 3.63) is 39.8 Å². The predicted molar refractivity (Wildman–Crippen MR) is 83.2 cm³/mol. The van der Waals surface area contributed by atoms with Crippen molar-refractivity contribution >= 4 is 26.9 Å². The lowest BCUT2D eigenvalue weighted by atomic mass is 10.2. The van der Waals surface area contributed by atoms with Crippen LogP contribution in [0.5, 0.6) is 0 Å². The number of hydrogen-bond donors (Lipinski definition) is 1. The minimum Gasteiger partial charge on any atom is -0.378 e. The summed E-state index contributed by atoms with van der Waals surface area (Å²) in [6, 6.07) is 6.96. The molecule has 0 radical (unpaired) electrons. The van der Waals surface area contributed by atoms with Gasteiger partial charge in [0, 0.05) is 16.8 Å². The Kier molecular flexibility index (Phi) is 4.15. The van der Waals surface area contributed by atoms with Crippen LogP contribution in [-0.4, -0.2) is 19.7 Å². The molecule has 6 heteroatoms. The van der Waals surface area contributed by atoms with Crippen LogP contribution in [0.3, 0.4) is 0 Å². The summed E-state index contributed by atoms with van der Waals surface area (Å²) >= 11 is 1.68. The molecule has 4 nitrogen and oxygen atoms in total. The highest BCUT2D eigenvalue weighted by molar-refractivity contribution is 7.90. The van der Waals surface area contributed by atoms with Crippen LogP contribution in [0.25, 0.3) is 0 Å². The molecule has 108 valence electrons. The summed E-state index contributed by atoms with van der Waals surface area (Å²) in [5.41, 5.74) is 1.94. The van der Waals surface area contributed by atoms with Gasteiger partial charge in [-0.3, -0.25) is 0 Å². The average molecular weight is 310 g/mol. The molecule has 0 bridgehead atoms. The number of sulfone groups is 1. The van der Waals surface area contributed by atoms with Gasteiger partial charge < -0.3 is 5.32 Å². The fraction of sp³-hybridized carbons (Fsp3) is 0.357. The van der Waals surface area contributed by atoms with Crippen LogP contribution >= 0.6 is 11.3 Å². The van der Waals surface area contributed by atoms with Gasteiger partial charge in [0.25, 0.3) is 0 Å². The molecule has 1 aromatic heterocycles. The van der Waals surface area contributed by atoms with Gasteiger partial charge in [-0.05, 0) is 45.0 Å². The summed E-state index contributed by atoms with van der Waals surface area (Å²) in [6.07, 6.45) is 1.21. The maximum Gasteiger partial charge on any atom is 0.175 e. The van der Waals surface area contributed by atoms with E-state index in [1.54, 1.807) is 35.6 Å². The Hall–Kier alpha value is -1.40. The molecule has 0 amide bonds. The van der Waals surface area contributed by atoms with E-state index in [-0.39, 0.29) is 6.04 Å². The van der Waals surface area contributed by atoms with Gasteiger partial charge in [0.2, 0.25) is 0 Å². The Morgan fingerprint density at radius 3 is 2.25 bits per heavy atom. The first-order chi connectivity index (χ1) is 9.27.